The number of carbonyl (C=O) groups excluding carboxylic acids is 2. The molecule has 2 amide bonds. The molecule has 3 rings (SSSR count). The first-order valence-electron chi connectivity index (χ1n) is 9.97. The van der Waals surface area contributed by atoms with E-state index in [1.165, 1.54) is 36.8 Å². The van der Waals surface area contributed by atoms with Crippen molar-refractivity contribution in [3.63, 3.8) is 0 Å². The van der Waals surface area contributed by atoms with Crippen molar-refractivity contribution in [2.75, 3.05) is 13.1 Å². The first-order chi connectivity index (χ1) is 14.9. The maximum Gasteiger partial charge on any atom is 0.273 e. The highest BCUT2D eigenvalue weighted by molar-refractivity contribution is 7.90. The summed E-state index contributed by atoms with van der Waals surface area (Å²) in [4.78, 5) is 24.4. The van der Waals surface area contributed by atoms with Gasteiger partial charge in [-0.05, 0) is 55.2 Å². The second-order valence-corrected chi connectivity index (χ2v) is 8.86. The van der Waals surface area contributed by atoms with Gasteiger partial charge >= 0.3 is 0 Å². The van der Waals surface area contributed by atoms with Gasteiger partial charge in [-0.2, -0.15) is 4.31 Å². The van der Waals surface area contributed by atoms with Gasteiger partial charge in [-0.15, -0.1) is 5.11 Å². The summed E-state index contributed by atoms with van der Waals surface area (Å²) in [6.07, 6.45) is 5.85. The first-order valence-corrected chi connectivity index (χ1v) is 11.4. The van der Waals surface area contributed by atoms with Crippen molar-refractivity contribution < 1.29 is 18.0 Å². The molecular weight excluding hydrogens is 416 g/mol. The van der Waals surface area contributed by atoms with Crippen LogP contribution in [0.15, 0.2) is 75.9 Å². The normalized spacial score (nSPS) is 14.8. The largest absolute Gasteiger partial charge is 0.278 e. The summed E-state index contributed by atoms with van der Waals surface area (Å²) in [5.41, 5.74) is 1.19. The molecule has 1 fully saturated rings. The molecule has 2 aromatic rings. The van der Waals surface area contributed by atoms with E-state index in [0.717, 1.165) is 38.9 Å². The molecule has 0 radical (unpaired) electrons. The second-order valence-electron chi connectivity index (χ2n) is 7.07. The van der Waals surface area contributed by atoms with E-state index in [0.29, 0.717) is 11.3 Å². The van der Waals surface area contributed by atoms with Crippen molar-refractivity contribution in [3.8, 4) is 0 Å². The molecule has 31 heavy (non-hydrogen) atoms. The van der Waals surface area contributed by atoms with Crippen LogP contribution in [0.5, 0.6) is 0 Å². The molecule has 1 aliphatic rings. The molecular formula is C22H24N4O4S. The van der Waals surface area contributed by atoms with Gasteiger partial charge < -0.3 is 0 Å². The van der Waals surface area contributed by atoms with Gasteiger partial charge in [0.05, 0.1) is 10.6 Å². The van der Waals surface area contributed by atoms with Crippen LogP contribution in [0, 0.1) is 0 Å². The standard InChI is InChI=1S/C22H24N4O4S/c1-18(27)26(22(28)15-10-19-8-4-2-5-9-19)31(29,30)21-13-11-20(12-14-21)23-24-25-16-6-3-7-17-25/h2,4-5,8-15H,3,6-7,16-17H2,1H3/b15-10-,24-23?. The Kier molecular flexibility index (Phi) is 7.30. The topological polar surface area (TPSA) is 99.5 Å². The van der Waals surface area contributed by atoms with Crippen molar-refractivity contribution in [2.24, 2.45) is 10.3 Å². The quantitative estimate of drug-likeness (QED) is 0.500. The van der Waals surface area contributed by atoms with Gasteiger partial charge in [0.15, 0.2) is 0 Å². The Bertz CT molecular complexity index is 1070. The number of piperidine rings is 1. The monoisotopic (exact) mass is 440 g/mol. The smallest absolute Gasteiger partial charge is 0.273 e. The third-order valence-electron chi connectivity index (χ3n) is 4.70. The number of sulfonamides is 1. The van der Waals surface area contributed by atoms with E-state index < -0.39 is 21.8 Å². The average molecular weight is 441 g/mol. The molecule has 0 unspecified atom stereocenters. The summed E-state index contributed by atoms with van der Waals surface area (Å²) >= 11 is 0. The summed E-state index contributed by atoms with van der Waals surface area (Å²) in [7, 11) is -4.36. The maximum atomic E-state index is 12.9. The molecule has 0 N–H and O–H groups in total. The highest BCUT2D eigenvalue weighted by atomic mass is 32.2. The fraction of sp³-hybridized carbons (Fsp3) is 0.273. The van der Waals surface area contributed by atoms with Crippen molar-refractivity contribution in [3.05, 3.63) is 66.2 Å². The van der Waals surface area contributed by atoms with Gasteiger partial charge in [-0.1, -0.05) is 35.6 Å². The molecule has 1 aliphatic heterocycles. The molecule has 0 atom stereocenters. The average Bonchev–Trinajstić information content (AvgIpc) is 2.77. The van der Waals surface area contributed by atoms with Crippen LogP contribution in [-0.4, -0.2) is 42.6 Å². The lowest BCUT2D eigenvalue weighted by Gasteiger charge is -2.21. The highest BCUT2D eigenvalue weighted by Crippen LogP contribution is 2.22. The zero-order valence-corrected chi connectivity index (χ0v) is 18.0. The van der Waals surface area contributed by atoms with Crippen molar-refractivity contribution in [2.45, 2.75) is 31.1 Å². The maximum absolute atomic E-state index is 12.9. The molecule has 0 spiro atoms. The number of hydrogen-bond donors (Lipinski definition) is 0. The summed E-state index contributed by atoms with van der Waals surface area (Å²) in [5.74, 6) is -1.83. The highest BCUT2D eigenvalue weighted by Gasteiger charge is 2.31. The zero-order chi connectivity index (χ0) is 22.3. The minimum atomic E-state index is -4.36. The van der Waals surface area contributed by atoms with Crippen LogP contribution in [0.25, 0.3) is 6.08 Å². The number of nitrogens with zero attached hydrogens (tertiary/aromatic N) is 4. The molecule has 8 nitrogen and oxygen atoms in total. The summed E-state index contributed by atoms with van der Waals surface area (Å²) in [6.45, 7) is 2.73. The number of imide groups is 1. The molecule has 0 saturated carbocycles. The van der Waals surface area contributed by atoms with Crippen LogP contribution < -0.4 is 0 Å². The van der Waals surface area contributed by atoms with Crippen LogP contribution >= 0.6 is 0 Å². The Morgan fingerprint density at radius 1 is 0.968 bits per heavy atom. The molecule has 162 valence electrons. The molecule has 1 saturated heterocycles. The van der Waals surface area contributed by atoms with Gasteiger partial charge in [0.2, 0.25) is 5.91 Å². The van der Waals surface area contributed by atoms with Crippen LogP contribution in [0.1, 0.15) is 31.7 Å². The van der Waals surface area contributed by atoms with Crippen molar-refractivity contribution >= 4 is 33.6 Å². The minimum Gasteiger partial charge on any atom is -0.278 e. The molecule has 0 aromatic heterocycles. The lowest BCUT2D eigenvalue weighted by Crippen LogP contribution is -2.39. The summed E-state index contributed by atoms with van der Waals surface area (Å²) < 4.78 is 26.1. The predicted octanol–water partition coefficient (Wildman–Crippen LogP) is 3.95. The predicted molar refractivity (Wildman–Crippen MR) is 117 cm³/mol. The first kappa shape index (κ1) is 22.4. The Morgan fingerprint density at radius 2 is 1.61 bits per heavy atom. The molecule has 0 bridgehead atoms. The van der Waals surface area contributed by atoms with Crippen LogP contribution in [0.2, 0.25) is 0 Å². The van der Waals surface area contributed by atoms with E-state index in [2.05, 4.69) is 10.3 Å². The van der Waals surface area contributed by atoms with Crippen molar-refractivity contribution in [1.82, 2.24) is 9.31 Å². The molecule has 9 heteroatoms. The van der Waals surface area contributed by atoms with Crippen molar-refractivity contribution in [1.29, 1.82) is 0 Å². The summed E-state index contributed by atoms with van der Waals surface area (Å²) in [5, 5.41) is 10.2. The second kappa shape index (κ2) is 10.1. The summed E-state index contributed by atoms with van der Waals surface area (Å²) in [6, 6.07) is 14.5. The third-order valence-corrected chi connectivity index (χ3v) is 6.48. The van der Waals surface area contributed by atoms with Crippen LogP contribution in [0.4, 0.5) is 5.69 Å². The van der Waals surface area contributed by atoms with E-state index in [1.54, 1.807) is 24.3 Å². The number of carbonyl (C=O) groups is 2. The molecule has 0 aliphatic carbocycles. The van der Waals surface area contributed by atoms with E-state index in [4.69, 9.17) is 0 Å². The lowest BCUT2D eigenvalue weighted by molar-refractivity contribution is -0.134. The minimum absolute atomic E-state index is 0.180. The van der Waals surface area contributed by atoms with Gasteiger partial charge in [-0.3, -0.25) is 14.6 Å². The van der Waals surface area contributed by atoms with E-state index in [9.17, 15) is 18.0 Å². The van der Waals surface area contributed by atoms with Crippen LogP contribution in [0.3, 0.4) is 0 Å². The fourth-order valence-electron chi connectivity index (χ4n) is 3.11. The number of rotatable bonds is 6. The van der Waals surface area contributed by atoms with Crippen LogP contribution in [-0.2, 0) is 19.6 Å². The SMILES string of the molecule is CC(=O)N(C(=O)/C=C\c1ccccc1)S(=O)(=O)c1ccc(N=NN2CCCCC2)cc1. The Morgan fingerprint density at radius 3 is 2.23 bits per heavy atom. The van der Waals surface area contributed by atoms with Gasteiger partial charge in [0, 0.05) is 26.1 Å². The van der Waals surface area contributed by atoms with E-state index in [-0.39, 0.29) is 9.20 Å². The number of hydrogen-bond acceptors (Lipinski definition) is 6. The lowest BCUT2D eigenvalue weighted by atomic mass is 10.2. The molecule has 2 aromatic carbocycles. The van der Waals surface area contributed by atoms with E-state index in [1.807, 2.05) is 11.1 Å². The molecule has 1 heterocycles. The van der Waals surface area contributed by atoms with Gasteiger partial charge in [0.1, 0.15) is 0 Å². The fourth-order valence-corrected chi connectivity index (χ4v) is 4.44. The number of amides is 2. The Hall–Kier alpha value is -3.33. The Labute approximate surface area is 181 Å². The third kappa shape index (κ3) is 5.85. The van der Waals surface area contributed by atoms with E-state index >= 15 is 0 Å². The Balaban J connectivity index is 1.77. The number of benzene rings is 2. The van der Waals surface area contributed by atoms with Gasteiger partial charge in [-0.25, -0.2) is 8.42 Å². The van der Waals surface area contributed by atoms with Gasteiger partial charge in [0.25, 0.3) is 15.9 Å². The zero-order valence-electron chi connectivity index (χ0n) is 17.2.